The lowest BCUT2D eigenvalue weighted by atomic mass is 9.86. The molecule has 3 N–H and O–H groups in total. The molecule has 0 saturated heterocycles. The van der Waals surface area contributed by atoms with Gasteiger partial charge in [-0.05, 0) is 76.9 Å². The number of aryl methyl sites for hydroxylation is 1. The number of sulfonamides is 1. The fraction of sp³-hybridized carbons (Fsp3) is 0.219. The van der Waals surface area contributed by atoms with Crippen LogP contribution >= 0.6 is 24.0 Å². The Balaban J connectivity index is 0.00000387. The van der Waals surface area contributed by atoms with Gasteiger partial charge < -0.3 is 10.4 Å². The number of hydrogen-bond donors (Lipinski definition) is 3. The molecule has 0 aromatic heterocycles. The van der Waals surface area contributed by atoms with Crippen molar-refractivity contribution in [3.05, 3.63) is 130 Å². The van der Waals surface area contributed by atoms with Gasteiger partial charge in [0.25, 0.3) is 5.91 Å². The van der Waals surface area contributed by atoms with E-state index in [9.17, 15) is 18.3 Å². The van der Waals surface area contributed by atoms with Crippen LogP contribution in [0.3, 0.4) is 0 Å². The summed E-state index contributed by atoms with van der Waals surface area (Å²) in [5.41, 5.74) is 6.23. The predicted octanol–water partition coefficient (Wildman–Crippen LogP) is 5.87. The Hall–Kier alpha value is -3.20. The average Bonchev–Trinajstić information content (AvgIpc) is 2.95. The molecule has 0 saturated carbocycles. The van der Waals surface area contributed by atoms with E-state index in [0.29, 0.717) is 17.1 Å². The smallest absolute Gasteiger partial charge is 0.264 e. The third kappa shape index (κ3) is 8.18. The van der Waals surface area contributed by atoms with Crippen LogP contribution in [0.5, 0.6) is 0 Å². The van der Waals surface area contributed by atoms with Gasteiger partial charge in [0.05, 0.1) is 11.9 Å². The number of amides is 1. The summed E-state index contributed by atoms with van der Waals surface area (Å²) in [5, 5.41) is 14.7. The van der Waals surface area contributed by atoms with Crippen LogP contribution in [-0.4, -0.2) is 32.0 Å². The molecule has 0 unspecified atom stereocenters. The molecular weight excluding hydrogens is 579 g/mol. The lowest BCUT2D eigenvalue weighted by Crippen LogP contribution is -2.37. The van der Waals surface area contributed by atoms with Crippen molar-refractivity contribution in [1.29, 1.82) is 0 Å². The molecule has 9 heteroatoms. The number of carbonyl (C=O) groups is 1. The van der Waals surface area contributed by atoms with Crippen molar-refractivity contribution in [3.63, 3.8) is 0 Å². The second-order valence-electron chi connectivity index (χ2n) is 10.2. The lowest BCUT2D eigenvalue weighted by molar-refractivity contribution is 0.0981. The van der Waals surface area contributed by atoms with Crippen molar-refractivity contribution in [1.82, 2.24) is 10.0 Å². The molecule has 4 aromatic rings. The number of carbonyl (C=O) groups excluding carboxylic acids is 1. The molecule has 41 heavy (non-hydrogen) atoms. The van der Waals surface area contributed by atoms with E-state index in [1.807, 2.05) is 30.3 Å². The first-order valence-corrected chi connectivity index (χ1v) is 15.3. The zero-order valence-corrected chi connectivity index (χ0v) is 24.7. The molecule has 0 heterocycles. The van der Waals surface area contributed by atoms with E-state index in [4.69, 9.17) is 11.6 Å². The zero-order chi connectivity index (χ0) is 28.1. The minimum atomic E-state index is -3.81. The fourth-order valence-electron chi connectivity index (χ4n) is 5.06. The minimum Gasteiger partial charge on any atom is -0.387 e. The monoisotopic (exact) mass is 610 g/mol. The number of aliphatic hydroxyl groups excluding tert-OH is 1. The van der Waals surface area contributed by atoms with E-state index in [0.717, 1.165) is 36.0 Å². The number of fused-ring (bicyclic) bond motifs is 1. The van der Waals surface area contributed by atoms with Crippen LogP contribution in [0, 0.1) is 0 Å². The molecule has 1 aliphatic rings. The molecule has 6 nitrogen and oxygen atoms in total. The number of rotatable bonds is 9. The van der Waals surface area contributed by atoms with E-state index < -0.39 is 22.0 Å². The van der Waals surface area contributed by atoms with E-state index in [1.54, 1.807) is 48.5 Å². The van der Waals surface area contributed by atoms with Crippen LogP contribution in [0.4, 0.5) is 0 Å². The molecule has 5 rings (SSSR count). The lowest BCUT2D eigenvalue weighted by Gasteiger charge is -2.27. The standard InChI is InChI=1S/C32H31ClN2O4S.ClH/c33-29-8-4-7-27(18-29)31(36)20-34-30-16-15-24-11-14-26(17-28(24)19-30)23-9-12-25(13-10-23)32(37)35-40(38,39)21-22-5-2-1-3-6-22;/h1-14,17-18,30-31,34,36H,15-16,19-21H2,(H,35,37);1H/t30-,31-;/m0./s1. The van der Waals surface area contributed by atoms with Gasteiger partial charge in [-0.15, -0.1) is 12.4 Å². The van der Waals surface area contributed by atoms with E-state index in [-0.39, 0.29) is 29.8 Å². The highest BCUT2D eigenvalue weighted by Gasteiger charge is 2.21. The van der Waals surface area contributed by atoms with Gasteiger partial charge in [-0.1, -0.05) is 84.4 Å². The van der Waals surface area contributed by atoms with Crippen molar-refractivity contribution in [2.24, 2.45) is 0 Å². The maximum Gasteiger partial charge on any atom is 0.264 e. The van der Waals surface area contributed by atoms with Crippen molar-refractivity contribution in [2.45, 2.75) is 37.2 Å². The Kier molecular flexibility index (Phi) is 10.2. The Morgan fingerprint density at radius 2 is 1.63 bits per heavy atom. The third-order valence-corrected chi connectivity index (χ3v) is 8.64. The van der Waals surface area contributed by atoms with E-state index in [2.05, 4.69) is 28.2 Å². The van der Waals surface area contributed by atoms with Gasteiger partial charge in [-0.25, -0.2) is 13.1 Å². The zero-order valence-electron chi connectivity index (χ0n) is 22.3. The van der Waals surface area contributed by atoms with Gasteiger partial charge in [0.2, 0.25) is 10.0 Å². The second-order valence-corrected chi connectivity index (χ2v) is 12.3. The summed E-state index contributed by atoms with van der Waals surface area (Å²) >= 11 is 6.06. The summed E-state index contributed by atoms with van der Waals surface area (Å²) < 4.78 is 27.1. The first-order chi connectivity index (χ1) is 19.3. The SMILES string of the molecule is Cl.O=C(NS(=O)(=O)Cc1ccccc1)c1ccc(-c2ccc3c(c2)C[C@@H](NC[C@H](O)c2cccc(Cl)c2)CC3)cc1. The summed E-state index contributed by atoms with van der Waals surface area (Å²) in [6.07, 6.45) is 2.17. The predicted molar refractivity (Wildman–Crippen MR) is 166 cm³/mol. The molecule has 214 valence electrons. The van der Waals surface area contributed by atoms with Crippen molar-refractivity contribution in [3.8, 4) is 11.1 Å². The van der Waals surface area contributed by atoms with Gasteiger partial charge in [-0.2, -0.15) is 0 Å². The molecule has 0 spiro atoms. The molecule has 4 aromatic carbocycles. The molecular formula is C32H32Cl2N2O4S. The fourth-order valence-corrected chi connectivity index (χ4v) is 6.37. The molecule has 2 atom stereocenters. The van der Waals surface area contributed by atoms with Gasteiger partial charge in [0.15, 0.2) is 0 Å². The number of halogens is 2. The number of aliphatic hydroxyl groups is 1. The van der Waals surface area contributed by atoms with Gasteiger partial charge in [-0.3, -0.25) is 4.79 Å². The van der Waals surface area contributed by atoms with Crippen LogP contribution in [0.25, 0.3) is 11.1 Å². The Bertz CT molecular complexity index is 1600. The highest BCUT2D eigenvalue weighted by molar-refractivity contribution is 7.89. The van der Waals surface area contributed by atoms with Crippen molar-refractivity contribution in [2.75, 3.05) is 6.54 Å². The first kappa shape index (κ1) is 30.8. The summed E-state index contributed by atoms with van der Waals surface area (Å²) in [5.74, 6) is -0.913. The van der Waals surface area contributed by atoms with Crippen LogP contribution in [-0.2, 0) is 28.6 Å². The summed E-state index contributed by atoms with van der Waals surface area (Å²) in [7, 11) is -3.81. The largest absolute Gasteiger partial charge is 0.387 e. The Labute approximate surface area is 252 Å². The van der Waals surface area contributed by atoms with Crippen LogP contribution < -0.4 is 10.0 Å². The molecule has 1 amide bonds. The minimum absolute atomic E-state index is 0. The van der Waals surface area contributed by atoms with Crippen LogP contribution in [0.1, 0.15) is 45.1 Å². The van der Waals surface area contributed by atoms with E-state index in [1.165, 1.54) is 11.1 Å². The van der Waals surface area contributed by atoms with Gasteiger partial charge in [0, 0.05) is 23.2 Å². The maximum absolute atomic E-state index is 12.6. The second kappa shape index (κ2) is 13.6. The summed E-state index contributed by atoms with van der Waals surface area (Å²) in [6, 6.07) is 29.6. The van der Waals surface area contributed by atoms with Crippen molar-refractivity contribution >= 4 is 39.9 Å². The van der Waals surface area contributed by atoms with Crippen molar-refractivity contribution < 1.29 is 18.3 Å². The maximum atomic E-state index is 12.6. The van der Waals surface area contributed by atoms with E-state index >= 15 is 0 Å². The van der Waals surface area contributed by atoms with Gasteiger partial charge in [0.1, 0.15) is 0 Å². The number of benzene rings is 4. The number of nitrogens with one attached hydrogen (secondary N) is 2. The topological polar surface area (TPSA) is 95.5 Å². The highest BCUT2D eigenvalue weighted by atomic mass is 35.5. The molecule has 0 radical (unpaired) electrons. The summed E-state index contributed by atoms with van der Waals surface area (Å²) in [6.45, 7) is 0.449. The Morgan fingerprint density at radius 1 is 0.902 bits per heavy atom. The van der Waals surface area contributed by atoms with Crippen LogP contribution in [0.15, 0.2) is 97.1 Å². The highest BCUT2D eigenvalue weighted by Crippen LogP contribution is 2.28. The normalized spacial score (nSPS) is 15.3. The molecule has 0 fully saturated rings. The first-order valence-electron chi connectivity index (χ1n) is 13.2. The average molecular weight is 612 g/mol. The van der Waals surface area contributed by atoms with Crippen LogP contribution in [0.2, 0.25) is 5.02 Å². The summed E-state index contributed by atoms with van der Waals surface area (Å²) in [4.78, 5) is 12.6. The quantitative estimate of drug-likeness (QED) is 0.220. The number of hydrogen-bond acceptors (Lipinski definition) is 5. The molecule has 0 aliphatic heterocycles. The third-order valence-electron chi connectivity index (χ3n) is 7.20. The Morgan fingerprint density at radius 3 is 2.37 bits per heavy atom. The molecule has 0 bridgehead atoms. The van der Waals surface area contributed by atoms with Gasteiger partial charge >= 0.3 is 0 Å². The molecule has 1 aliphatic carbocycles.